The Bertz CT molecular complexity index is 547. The molecule has 0 bridgehead atoms. The molecule has 23 heavy (non-hydrogen) atoms. The Morgan fingerprint density at radius 2 is 2.04 bits per heavy atom. The van der Waals surface area contributed by atoms with Crippen LogP contribution in [0.5, 0.6) is 5.75 Å². The summed E-state index contributed by atoms with van der Waals surface area (Å²) in [6.45, 7) is 10.3. The highest BCUT2D eigenvalue weighted by atomic mass is 79.9. The van der Waals surface area contributed by atoms with Crippen molar-refractivity contribution in [3.8, 4) is 5.75 Å². The van der Waals surface area contributed by atoms with Crippen LogP contribution in [0.3, 0.4) is 0 Å². The summed E-state index contributed by atoms with van der Waals surface area (Å²) in [4.78, 5) is 11.7. The lowest BCUT2D eigenvalue weighted by Gasteiger charge is -2.22. The number of anilines is 1. The van der Waals surface area contributed by atoms with Crippen molar-refractivity contribution in [3.63, 3.8) is 0 Å². The highest BCUT2D eigenvalue weighted by molar-refractivity contribution is 9.10. The fourth-order valence-electron chi connectivity index (χ4n) is 1.83. The topological polar surface area (TPSA) is 59.6 Å². The standard InChI is InChI=1S/C16H24BrClN2O3/c1-6-22-14-12(17)7-11(18)8-13(14)20-10(2)9-19-15(21)23-16(3,4)5/h7-8,10,20H,6,9H2,1-5H3,(H,19,21). The molecular weight excluding hydrogens is 384 g/mol. The van der Waals surface area contributed by atoms with Crippen LogP contribution in [-0.4, -0.2) is 30.9 Å². The van der Waals surface area contributed by atoms with Crippen LogP contribution in [0.2, 0.25) is 5.02 Å². The molecule has 5 nitrogen and oxygen atoms in total. The maximum Gasteiger partial charge on any atom is 0.407 e. The number of carbonyl (C=O) groups excluding carboxylic acids is 1. The molecule has 1 aromatic carbocycles. The minimum atomic E-state index is -0.513. The lowest BCUT2D eigenvalue weighted by molar-refractivity contribution is 0.0526. The molecule has 2 N–H and O–H groups in total. The molecule has 130 valence electrons. The first-order chi connectivity index (χ1) is 10.6. The summed E-state index contributed by atoms with van der Waals surface area (Å²) in [6.07, 6.45) is -0.441. The minimum absolute atomic E-state index is 0.0351. The number of halogens is 2. The van der Waals surface area contributed by atoms with Gasteiger partial charge in [-0.3, -0.25) is 0 Å². The molecule has 0 heterocycles. The lowest BCUT2D eigenvalue weighted by atomic mass is 10.2. The molecule has 1 amide bonds. The summed E-state index contributed by atoms with van der Waals surface area (Å²) in [6, 6.07) is 3.54. The zero-order valence-corrected chi connectivity index (χ0v) is 16.5. The van der Waals surface area contributed by atoms with Gasteiger partial charge in [0.1, 0.15) is 5.60 Å². The summed E-state index contributed by atoms with van der Waals surface area (Å²) in [7, 11) is 0. The number of rotatable bonds is 6. The zero-order chi connectivity index (χ0) is 17.6. The van der Waals surface area contributed by atoms with Crippen LogP contribution in [-0.2, 0) is 4.74 Å². The summed E-state index contributed by atoms with van der Waals surface area (Å²) in [5, 5.41) is 6.61. The molecule has 0 radical (unpaired) electrons. The van der Waals surface area contributed by atoms with E-state index in [1.807, 2.05) is 34.6 Å². The van der Waals surface area contributed by atoms with Gasteiger partial charge in [-0.15, -0.1) is 0 Å². The van der Waals surface area contributed by atoms with Gasteiger partial charge >= 0.3 is 6.09 Å². The molecular formula is C16H24BrClN2O3. The third-order valence-corrected chi connectivity index (χ3v) is 3.46. The number of alkyl carbamates (subject to hydrolysis) is 1. The summed E-state index contributed by atoms with van der Waals surface area (Å²) in [5.41, 5.74) is 0.255. The van der Waals surface area contributed by atoms with Gasteiger partial charge in [-0.05, 0) is 62.7 Å². The molecule has 1 atom stereocenters. The van der Waals surface area contributed by atoms with Crippen molar-refractivity contribution in [1.82, 2.24) is 5.32 Å². The van der Waals surface area contributed by atoms with E-state index >= 15 is 0 Å². The predicted octanol–water partition coefficient (Wildman–Crippen LogP) is 4.83. The Morgan fingerprint density at radius 3 is 2.61 bits per heavy atom. The number of carbonyl (C=O) groups is 1. The van der Waals surface area contributed by atoms with E-state index in [4.69, 9.17) is 21.1 Å². The van der Waals surface area contributed by atoms with Gasteiger partial charge in [0.2, 0.25) is 0 Å². The Morgan fingerprint density at radius 1 is 1.39 bits per heavy atom. The molecule has 1 aromatic rings. The van der Waals surface area contributed by atoms with Crippen molar-refractivity contribution in [1.29, 1.82) is 0 Å². The summed E-state index contributed by atoms with van der Waals surface area (Å²) in [5.74, 6) is 0.695. The maximum absolute atomic E-state index is 11.7. The van der Waals surface area contributed by atoms with Crippen molar-refractivity contribution in [3.05, 3.63) is 21.6 Å². The van der Waals surface area contributed by atoms with Crippen LogP contribution in [0.25, 0.3) is 0 Å². The van der Waals surface area contributed by atoms with E-state index in [1.165, 1.54) is 0 Å². The first kappa shape index (κ1) is 19.9. The van der Waals surface area contributed by atoms with Gasteiger partial charge in [0.15, 0.2) is 5.75 Å². The fraction of sp³-hybridized carbons (Fsp3) is 0.562. The van der Waals surface area contributed by atoms with Crippen LogP contribution < -0.4 is 15.4 Å². The van der Waals surface area contributed by atoms with Gasteiger partial charge in [0.05, 0.1) is 16.8 Å². The average Bonchev–Trinajstić information content (AvgIpc) is 2.38. The maximum atomic E-state index is 11.7. The van der Waals surface area contributed by atoms with E-state index in [9.17, 15) is 4.79 Å². The lowest BCUT2D eigenvalue weighted by Crippen LogP contribution is -2.38. The molecule has 0 saturated heterocycles. The van der Waals surface area contributed by atoms with Crippen LogP contribution in [0, 0.1) is 0 Å². The van der Waals surface area contributed by atoms with Gasteiger partial charge in [-0.2, -0.15) is 0 Å². The number of hydrogen-bond donors (Lipinski definition) is 2. The normalized spacial score (nSPS) is 12.5. The van der Waals surface area contributed by atoms with Gasteiger partial charge < -0.3 is 20.1 Å². The second-order valence-electron chi connectivity index (χ2n) is 6.13. The number of nitrogens with one attached hydrogen (secondary N) is 2. The Kier molecular flexibility index (Phi) is 7.48. The predicted molar refractivity (Wildman–Crippen MR) is 97.6 cm³/mol. The molecule has 7 heteroatoms. The quantitative estimate of drug-likeness (QED) is 0.709. The number of hydrogen-bond acceptors (Lipinski definition) is 4. The molecule has 0 aromatic heterocycles. The van der Waals surface area contributed by atoms with Gasteiger partial charge in [0, 0.05) is 17.6 Å². The Labute approximate surface area is 151 Å². The third kappa shape index (κ3) is 7.31. The number of amides is 1. The van der Waals surface area contributed by atoms with Crippen LogP contribution >= 0.6 is 27.5 Å². The fourth-order valence-corrected chi connectivity index (χ4v) is 2.75. The summed E-state index contributed by atoms with van der Waals surface area (Å²) < 4.78 is 11.6. The Hall–Kier alpha value is -1.14. The number of benzene rings is 1. The van der Waals surface area contributed by atoms with E-state index in [2.05, 4.69) is 26.6 Å². The molecule has 1 rings (SSSR count). The first-order valence-corrected chi connectivity index (χ1v) is 8.64. The van der Waals surface area contributed by atoms with E-state index in [0.29, 0.717) is 23.9 Å². The third-order valence-electron chi connectivity index (χ3n) is 2.65. The largest absolute Gasteiger partial charge is 0.491 e. The smallest absolute Gasteiger partial charge is 0.407 e. The van der Waals surface area contributed by atoms with Gasteiger partial charge in [-0.25, -0.2) is 4.79 Å². The first-order valence-electron chi connectivity index (χ1n) is 7.47. The second kappa shape index (κ2) is 8.64. The SMILES string of the molecule is CCOc1c(Br)cc(Cl)cc1NC(C)CNC(=O)OC(C)(C)C. The van der Waals surface area contributed by atoms with E-state index in [-0.39, 0.29) is 6.04 Å². The van der Waals surface area contributed by atoms with Crippen molar-refractivity contribution < 1.29 is 14.3 Å². The molecule has 1 unspecified atom stereocenters. The minimum Gasteiger partial charge on any atom is -0.491 e. The second-order valence-corrected chi connectivity index (χ2v) is 7.42. The highest BCUT2D eigenvalue weighted by Crippen LogP contribution is 2.36. The molecule has 0 spiro atoms. The van der Waals surface area contributed by atoms with Crippen molar-refractivity contribution in [2.24, 2.45) is 0 Å². The van der Waals surface area contributed by atoms with Gasteiger partial charge in [0.25, 0.3) is 0 Å². The van der Waals surface area contributed by atoms with Crippen LogP contribution in [0.15, 0.2) is 16.6 Å². The zero-order valence-electron chi connectivity index (χ0n) is 14.1. The molecule has 0 aliphatic carbocycles. The van der Waals surface area contributed by atoms with Gasteiger partial charge in [-0.1, -0.05) is 11.6 Å². The van der Waals surface area contributed by atoms with Crippen LogP contribution in [0.1, 0.15) is 34.6 Å². The van der Waals surface area contributed by atoms with E-state index < -0.39 is 11.7 Å². The van der Waals surface area contributed by atoms with Crippen molar-refractivity contribution >= 4 is 39.3 Å². The summed E-state index contributed by atoms with van der Waals surface area (Å²) >= 11 is 9.54. The van der Waals surface area contributed by atoms with E-state index in [1.54, 1.807) is 12.1 Å². The number of ether oxygens (including phenoxy) is 2. The molecule has 0 aliphatic rings. The van der Waals surface area contributed by atoms with Crippen LogP contribution in [0.4, 0.5) is 10.5 Å². The molecule has 0 aliphatic heterocycles. The van der Waals surface area contributed by atoms with Crippen molar-refractivity contribution in [2.45, 2.75) is 46.3 Å². The van der Waals surface area contributed by atoms with Crippen molar-refractivity contribution in [2.75, 3.05) is 18.5 Å². The Balaban J connectivity index is 2.67. The molecule has 0 fully saturated rings. The highest BCUT2D eigenvalue weighted by Gasteiger charge is 2.17. The monoisotopic (exact) mass is 406 g/mol. The average molecular weight is 408 g/mol. The van der Waals surface area contributed by atoms with E-state index in [0.717, 1.165) is 10.2 Å². The molecule has 0 saturated carbocycles.